The van der Waals surface area contributed by atoms with Crippen LogP contribution in [-0.2, 0) is 0 Å². The van der Waals surface area contributed by atoms with Crippen molar-refractivity contribution < 1.29 is 4.74 Å². The Labute approximate surface area is 129 Å². The van der Waals surface area contributed by atoms with Gasteiger partial charge in [0.25, 0.3) is 0 Å². The molecule has 0 aliphatic carbocycles. The normalized spacial score (nSPS) is 12.0. The van der Waals surface area contributed by atoms with E-state index in [9.17, 15) is 0 Å². The molecule has 0 aliphatic heterocycles. The molecule has 112 valence electrons. The molecule has 1 N–H and O–H groups in total. The molecule has 1 unspecified atom stereocenters. The van der Waals surface area contributed by atoms with Crippen molar-refractivity contribution >= 4 is 17.5 Å². The number of nitrogens with zero attached hydrogens (tertiary/aromatic N) is 3. The van der Waals surface area contributed by atoms with E-state index in [-0.39, 0.29) is 11.3 Å². The lowest BCUT2D eigenvalue weighted by Crippen LogP contribution is -2.05. The van der Waals surface area contributed by atoms with E-state index >= 15 is 0 Å². The summed E-state index contributed by atoms with van der Waals surface area (Å²) in [7, 11) is 0. The van der Waals surface area contributed by atoms with Crippen LogP contribution in [0.3, 0.4) is 0 Å². The summed E-state index contributed by atoms with van der Waals surface area (Å²) in [5.41, 5.74) is 1.13. The molecule has 0 radical (unpaired) electrons. The number of nitrogens with one attached hydrogen (secondary N) is 1. The summed E-state index contributed by atoms with van der Waals surface area (Å²) in [5.74, 6) is 1.55. The van der Waals surface area contributed by atoms with E-state index in [4.69, 9.17) is 16.3 Å². The molecule has 0 fully saturated rings. The second-order valence-corrected chi connectivity index (χ2v) is 5.03. The fourth-order valence-electron chi connectivity index (χ4n) is 1.91. The Morgan fingerprint density at radius 2 is 1.95 bits per heavy atom. The van der Waals surface area contributed by atoms with E-state index in [0.717, 1.165) is 17.7 Å². The summed E-state index contributed by atoms with van der Waals surface area (Å²) < 4.78 is 5.81. The Morgan fingerprint density at radius 3 is 2.67 bits per heavy atom. The predicted molar refractivity (Wildman–Crippen MR) is 84.2 cm³/mol. The maximum absolute atomic E-state index is 5.90. The van der Waals surface area contributed by atoms with Gasteiger partial charge in [-0.2, -0.15) is 15.0 Å². The van der Waals surface area contributed by atoms with Crippen molar-refractivity contribution in [3.63, 3.8) is 0 Å². The van der Waals surface area contributed by atoms with Crippen molar-refractivity contribution in [3.05, 3.63) is 35.1 Å². The molecule has 0 saturated heterocycles. The van der Waals surface area contributed by atoms with Gasteiger partial charge >= 0.3 is 6.01 Å². The first-order valence-corrected chi connectivity index (χ1v) is 7.44. The molecule has 0 aliphatic rings. The predicted octanol–water partition coefficient (Wildman–Crippen LogP) is 4.26. The third-order valence-electron chi connectivity index (χ3n) is 3.19. The minimum Gasteiger partial charge on any atom is -0.424 e. The van der Waals surface area contributed by atoms with Gasteiger partial charge in [-0.25, -0.2) is 0 Å². The lowest BCUT2D eigenvalue weighted by atomic mass is 9.98. The molecular weight excluding hydrogens is 288 g/mol. The maximum Gasteiger partial charge on any atom is 0.328 e. The lowest BCUT2D eigenvalue weighted by molar-refractivity contribution is 0.431. The molecule has 21 heavy (non-hydrogen) atoms. The molecule has 0 amide bonds. The standard InChI is InChI=1S/C15H19ClN4O/c1-4-10(3)11-8-6-7-9-12(11)21-15-19-13(16)18-14(20-15)17-5-2/h6-10H,4-5H2,1-3H3,(H,17,18,19,20). The number of hydrogen-bond donors (Lipinski definition) is 1. The number of para-hydroxylation sites is 1. The second-order valence-electron chi connectivity index (χ2n) is 4.69. The number of benzene rings is 1. The zero-order chi connectivity index (χ0) is 15.2. The monoisotopic (exact) mass is 306 g/mol. The van der Waals surface area contributed by atoms with Crippen molar-refractivity contribution in [1.82, 2.24) is 15.0 Å². The van der Waals surface area contributed by atoms with Gasteiger partial charge in [0.15, 0.2) is 0 Å². The zero-order valence-electron chi connectivity index (χ0n) is 12.4. The number of ether oxygens (including phenoxy) is 1. The SMILES string of the molecule is CCNc1nc(Cl)nc(Oc2ccccc2C(C)CC)n1. The summed E-state index contributed by atoms with van der Waals surface area (Å²) in [6.45, 7) is 6.96. The van der Waals surface area contributed by atoms with Crippen molar-refractivity contribution in [2.75, 3.05) is 11.9 Å². The minimum absolute atomic E-state index is 0.108. The van der Waals surface area contributed by atoms with E-state index in [0.29, 0.717) is 18.4 Å². The molecule has 0 saturated carbocycles. The molecule has 2 rings (SSSR count). The molecule has 1 atom stereocenters. The van der Waals surface area contributed by atoms with Gasteiger partial charge in [-0.3, -0.25) is 0 Å². The van der Waals surface area contributed by atoms with Gasteiger partial charge < -0.3 is 10.1 Å². The van der Waals surface area contributed by atoms with E-state index in [1.54, 1.807) is 0 Å². The number of aromatic nitrogens is 3. The molecule has 1 heterocycles. The molecule has 0 spiro atoms. The summed E-state index contributed by atoms with van der Waals surface area (Å²) >= 11 is 5.90. The van der Waals surface area contributed by atoms with Crippen LogP contribution in [0.4, 0.5) is 5.95 Å². The molecule has 2 aromatic rings. The van der Waals surface area contributed by atoms with E-state index in [2.05, 4.69) is 40.2 Å². The van der Waals surface area contributed by atoms with Gasteiger partial charge in [0.2, 0.25) is 11.2 Å². The molecule has 6 heteroatoms. The van der Waals surface area contributed by atoms with Crippen LogP contribution in [0.1, 0.15) is 38.7 Å². The second kappa shape index (κ2) is 7.22. The number of hydrogen-bond acceptors (Lipinski definition) is 5. The van der Waals surface area contributed by atoms with Crippen LogP contribution in [0, 0.1) is 0 Å². The Bertz CT molecular complexity index is 606. The van der Waals surface area contributed by atoms with Crippen molar-refractivity contribution in [2.24, 2.45) is 0 Å². The molecule has 1 aromatic heterocycles. The first kappa shape index (κ1) is 15.5. The Balaban J connectivity index is 2.30. The van der Waals surface area contributed by atoms with E-state index < -0.39 is 0 Å². The number of anilines is 1. The average Bonchev–Trinajstić information content (AvgIpc) is 2.47. The zero-order valence-corrected chi connectivity index (χ0v) is 13.2. The molecular formula is C15H19ClN4O. The quantitative estimate of drug-likeness (QED) is 0.864. The number of halogens is 1. The van der Waals surface area contributed by atoms with Crippen LogP contribution in [0.5, 0.6) is 11.8 Å². The molecule has 5 nitrogen and oxygen atoms in total. The Kier molecular flexibility index (Phi) is 5.33. The third kappa shape index (κ3) is 4.04. The summed E-state index contributed by atoms with van der Waals surface area (Å²) in [6.07, 6.45) is 1.03. The van der Waals surface area contributed by atoms with E-state index in [1.165, 1.54) is 0 Å². The van der Waals surface area contributed by atoms with Gasteiger partial charge in [-0.05, 0) is 42.5 Å². The number of rotatable bonds is 6. The summed E-state index contributed by atoms with van der Waals surface area (Å²) in [4.78, 5) is 12.2. The molecule has 0 bridgehead atoms. The van der Waals surface area contributed by atoms with Crippen LogP contribution in [0.2, 0.25) is 5.28 Å². The van der Waals surface area contributed by atoms with Crippen LogP contribution >= 0.6 is 11.6 Å². The average molecular weight is 307 g/mol. The smallest absolute Gasteiger partial charge is 0.328 e. The fourth-order valence-corrected chi connectivity index (χ4v) is 2.07. The Hall–Kier alpha value is -1.88. The maximum atomic E-state index is 5.90. The highest BCUT2D eigenvalue weighted by molar-refractivity contribution is 6.28. The van der Waals surface area contributed by atoms with E-state index in [1.807, 2.05) is 25.1 Å². The topological polar surface area (TPSA) is 59.9 Å². The van der Waals surface area contributed by atoms with Gasteiger partial charge in [0.1, 0.15) is 5.75 Å². The van der Waals surface area contributed by atoms with Crippen molar-refractivity contribution in [1.29, 1.82) is 0 Å². The third-order valence-corrected chi connectivity index (χ3v) is 3.36. The largest absolute Gasteiger partial charge is 0.424 e. The molecule has 1 aromatic carbocycles. The van der Waals surface area contributed by atoms with Gasteiger partial charge in [-0.15, -0.1) is 0 Å². The highest BCUT2D eigenvalue weighted by Gasteiger charge is 2.13. The van der Waals surface area contributed by atoms with Gasteiger partial charge in [0.05, 0.1) is 0 Å². The Morgan fingerprint density at radius 1 is 1.19 bits per heavy atom. The van der Waals surface area contributed by atoms with Crippen LogP contribution in [-0.4, -0.2) is 21.5 Å². The van der Waals surface area contributed by atoms with Crippen LogP contribution in [0.25, 0.3) is 0 Å². The van der Waals surface area contributed by atoms with Crippen LogP contribution in [0.15, 0.2) is 24.3 Å². The minimum atomic E-state index is 0.108. The summed E-state index contributed by atoms with van der Waals surface area (Å²) in [6, 6.07) is 8.08. The first-order chi connectivity index (χ1) is 10.1. The lowest BCUT2D eigenvalue weighted by Gasteiger charge is -2.14. The highest BCUT2D eigenvalue weighted by Crippen LogP contribution is 2.31. The van der Waals surface area contributed by atoms with Crippen LogP contribution < -0.4 is 10.1 Å². The van der Waals surface area contributed by atoms with Crippen molar-refractivity contribution in [2.45, 2.75) is 33.1 Å². The van der Waals surface area contributed by atoms with Crippen molar-refractivity contribution in [3.8, 4) is 11.8 Å². The fraction of sp³-hybridized carbons (Fsp3) is 0.400. The van der Waals surface area contributed by atoms with Gasteiger partial charge in [0, 0.05) is 6.54 Å². The van der Waals surface area contributed by atoms with Gasteiger partial charge in [-0.1, -0.05) is 32.0 Å². The first-order valence-electron chi connectivity index (χ1n) is 7.06. The highest BCUT2D eigenvalue weighted by atomic mass is 35.5. The summed E-state index contributed by atoms with van der Waals surface area (Å²) in [5, 5.41) is 3.10.